The minimum atomic E-state index is -3.94. The van der Waals surface area contributed by atoms with Crippen LogP contribution in [0.1, 0.15) is 10.5 Å². The molecular weight excluding hydrogens is 542 g/mol. The van der Waals surface area contributed by atoms with E-state index < -0.39 is 21.7 Å². The normalized spacial score (nSPS) is 11.5. The SMILES string of the molecule is O=C(Nc1ccc(Br)cc1-c1noc(=O)[nH]1)c1noc2ccc(S(=O)(=O)Nc3ccccc3)cc12. The van der Waals surface area contributed by atoms with Crippen LogP contribution in [0.4, 0.5) is 11.4 Å². The zero-order chi connectivity index (χ0) is 24.6. The molecule has 5 rings (SSSR count). The molecule has 0 saturated carbocycles. The number of rotatable bonds is 6. The van der Waals surface area contributed by atoms with Crippen LogP contribution < -0.4 is 15.8 Å². The fourth-order valence-electron chi connectivity index (χ4n) is 3.32. The molecule has 2 aromatic heterocycles. The number of aromatic nitrogens is 3. The van der Waals surface area contributed by atoms with E-state index in [1.54, 1.807) is 48.5 Å². The summed E-state index contributed by atoms with van der Waals surface area (Å²) in [6, 6.07) is 17.4. The van der Waals surface area contributed by atoms with Crippen molar-refractivity contribution in [2.24, 2.45) is 0 Å². The Hall–Kier alpha value is -4.23. The fourth-order valence-corrected chi connectivity index (χ4v) is 4.76. The number of nitrogens with one attached hydrogen (secondary N) is 3. The van der Waals surface area contributed by atoms with E-state index in [-0.39, 0.29) is 27.4 Å². The highest BCUT2D eigenvalue weighted by Crippen LogP contribution is 2.30. The van der Waals surface area contributed by atoms with Crippen molar-refractivity contribution in [3.05, 3.63) is 87.4 Å². The maximum Gasteiger partial charge on any atom is 0.439 e. The molecule has 0 aliphatic heterocycles. The monoisotopic (exact) mass is 555 g/mol. The molecule has 2 heterocycles. The van der Waals surface area contributed by atoms with Gasteiger partial charge in [-0.2, -0.15) is 0 Å². The van der Waals surface area contributed by atoms with Gasteiger partial charge in [-0.1, -0.05) is 44.4 Å². The van der Waals surface area contributed by atoms with E-state index in [4.69, 9.17) is 4.52 Å². The first-order valence-corrected chi connectivity index (χ1v) is 12.2. The average molecular weight is 556 g/mol. The van der Waals surface area contributed by atoms with Gasteiger partial charge in [-0.3, -0.25) is 19.0 Å². The van der Waals surface area contributed by atoms with Crippen molar-refractivity contribution >= 4 is 54.2 Å². The summed E-state index contributed by atoms with van der Waals surface area (Å²) in [6.45, 7) is 0. The van der Waals surface area contributed by atoms with Gasteiger partial charge in [-0.15, -0.1) is 0 Å². The van der Waals surface area contributed by atoms with E-state index in [0.717, 1.165) is 0 Å². The van der Waals surface area contributed by atoms with Gasteiger partial charge in [-0.25, -0.2) is 13.2 Å². The number of carbonyl (C=O) groups is 1. The lowest BCUT2D eigenvalue weighted by Gasteiger charge is -2.09. The smallest absolute Gasteiger partial charge is 0.355 e. The number of fused-ring (bicyclic) bond motifs is 1. The third-order valence-electron chi connectivity index (χ3n) is 4.92. The van der Waals surface area contributed by atoms with Crippen LogP contribution in [0, 0.1) is 0 Å². The molecule has 176 valence electrons. The Morgan fingerprint density at radius 2 is 1.77 bits per heavy atom. The lowest BCUT2D eigenvalue weighted by atomic mass is 10.1. The Kier molecular flexibility index (Phi) is 5.70. The molecule has 0 saturated heterocycles. The number of amides is 1. The van der Waals surface area contributed by atoms with E-state index in [2.05, 4.69) is 45.8 Å². The number of para-hydroxylation sites is 1. The summed E-state index contributed by atoms with van der Waals surface area (Å²) >= 11 is 3.33. The predicted octanol–water partition coefficient (Wildman–Crippen LogP) is 3.99. The molecule has 0 aliphatic carbocycles. The minimum absolute atomic E-state index is 0.0735. The van der Waals surface area contributed by atoms with E-state index >= 15 is 0 Å². The van der Waals surface area contributed by atoms with Gasteiger partial charge in [0, 0.05) is 15.7 Å². The van der Waals surface area contributed by atoms with Gasteiger partial charge in [-0.05, 0) is 48.5 Å². The Bertz CT molecular complexity index is 1730. The third-order valence-corrected chi connectivity index (χ3v) is 6.79. The Labute approximate surface area is 205 Å². The largest absolute Gasteiger partial charge is 0.439 e. The molecule has 1 amide bonds. The van der Waals surface area contributed by atoms with E-state index in [1.807, 2.05) is 0 Å². The fraction of sp³-hybridized carbons (Fsp3) is 0. The molecule has 0 fully saturated rings. The second-order valence-corrected chi connectivity index (χ2v) is 9.85. The summed E-state index contributed by atoms with van der Waals surface area (Å²) < 4.78 is 38.7. The summed E-state index contributed by atoms with van der Waals surface area (Å²) in [5, 5.41) is 10.4. The van der Waals surface area contributed by atoms with Gasteiger partial charge in [0.15, 0.2) is 17.1 Å². The molecule has 3 aromatic carbocycles. The highest BCUT2D eigenvalue weighted by Gasteiger charge is 2.22. The number of aromatic amines is 1. The average Bonchev–Trinajstić information content (AvgIpc) is 3.46. The maximum atomic E-state index is 13.1. The van der Waals surface area contributed by atoms with Crippen molar-refractivity contribution in [3.63, 3.8) is 0 Å². The Balaban J connectivity index is 1.48. The molecule has 0 bridgehead atoms. The standard InChI is InChI=1S/C22H14BrN5O6S/c23-12-6-8-17(15(10-12)20-25-22(30)34-27-20)24-21(29)19-16-11-14(7-9-18(16)33-26-19)35(31,32)28-13-4-2-1-3-5-13/h1-11,28H,(H,24,29)(H,25,27,30). The number of anilines is 2. The summed E-state index contributed by atoms with van der Waals surface area (Å²) in [6.07, 6.45) is 0. The Morgan fingerprint density at radius 3 is 2.51 bits per heavy atom. The molecule has 0 spiro atoms. The third kappa shape index (κ3) is 4.58. The first kappa shape index (κ1) is 22.6. The van der Waals surface area contributed by atoms with Crippen LogP contribution in [0.3, 0.4) is 0 Å². The van der Waals surface area contributed by atoms with Crippen molar-refractivity contribution in [3.8, 4) is 11.4 Å². The van der Waals surface area contributed by atoms with Crippen LogP contribution in [-0.4, -0.2) is 29.6 Å². The summed E-state index contributed by atoms with van der Waals surface area (Å²) in [5.74, 6) is -1.31. The first-order chi connectivity index (χ1) is 16.8. The topological polar surface area (TPSA) is 160 Å². The maximum absolute atomic E-state index is 13.1. The number of hydrogen-bond donors (Lipinski definition) is 3. The highest BCUT2D eigenvalue weighted by atomic mass is 79.9. The van der Waals surface area contributed by atoms with Crippen LogP contribution in [0.15, 0.2) is 89.9 Å². The molecule has 0 aliphatic rings. The highest BCUT2D eigenvalue weighted by molar-refractivity contribution is 9.10. The molecule has 3 N–H and O–H groups in total. The second kappa shape index (κ2) is 8.85. The van der Waals surface area contributed by atoms with Gasteiger partial charge in [0.25, 0.3) is 15.9 Å². The number of sulfonamides is 1. The van der Waals surface area contributed by atoms with E-state index in [9.17, 15) is 18.0 Å². The van der Waals surface area contributed by atoms with E-state index in [0.29, 0.717) is 21.4 Å². The quantitative estimate of drug-likeness (QED) is 0.283. The summed E-state index contributed by atoms with van der Waals surface area (Å²) in [4.78, 5) is 26.8. The number of nitrogens with zero attached hydrogens (tertiary/aromatic N) is 2. The van der Waals surface area contributed by atoms with Crippen LogP contribution in [-0.2, 0) is 10.0 Å². The van der Waals surface area contributed by atoms with Gasteiger partial charge in [0.2, 0.25) is 0 Å². The second-order valence-electron chi connectivity index (χ2n) is 7.25. The number of carbonyl (C=O) groups excluding carboxylic acids is 1. The number of H-pyrrole nitrogens is 1. The van der Waals surface area contributed by atoms with Crippen LogP contribution >= 0.6 is 15.9 Å². The van der Waals surface area contributed by atoms with Crippen molar-refractivity contribution in [2.45, 2.75) is 4.90 Å². The number of halogens is 1. The van der Waals surface area contributed by atoms with Gasteiger partial charge in [0.05, 0.1) is 16.0 Å². The predicted molar refractivity (Wildman–Crippen MR) is 129 cm³/mol. The molecule has 13 heteroatoms. The van der Waals surface area contributed by atoms with Crippen LogP contribution in [0.2, 0.25) is 0 Å². The lowest BCUT2D eigenvalue weighted by molar-refractivity contribution is 0.102. The van der Waals surface area contributed by atoms with Crippen molar-refractivity contribution < 1.29 is 22.3 Å². The zero-order valence-electron chi connectivity index (χ0n) is 17.5. The number of benzene rings is 3. The van der Waals surface area contributed by atoms with Crippen molar-refractivity contribution in [1.29, 1.82) is 0 Å². The summed E-state index contributed by atoms with van der Waals surface area (Å²) in [5.41, 5.74) is 1.17. The Morgan fingerprint density at radius 1 is 0.971 bits per heavy atom. The van der Waals surface area contributed by atoms with E-state index in [1.165, 1.54) is 18.2 Å². The molecular formula is C22H14BrN5O6S. The minimum Gasteiger partial charge on any atom is -0.355 e. The molecule has 11 nitrogen and oxygen atoms in total. The van der Waals surface area contributed by atoms with Crippen molar-refractivity contribution in [2.75, 3.05) is 10.0 Å². The lowest BCUT2D eigenvalue weighted by Crippen LogP contribution is -2.14. The molecule has 35 heavy (non-hydrogen) atoms. The molecule has 0 atom stereocenters. The van der Waals surface area contributed by atoms with Crippen LogP contribution in [0.25, 0.3) is 22.4 Å². The van der Waals surface area contributed by atoms with Gasteiger partial charge in [0.1, 0.15) is 0 Å². The first-order valence-electron chi connectivity index (χ1n) is 9.95. The molecule has 5 aromatic rings. The number of hydrogen-bond acceptors (Lipinski definition) is 8. The van der Waals surface area contributed by atoms with Crippen molar-refractivity contribution in [1.82, 2.24) is 15.3 Å². The zero-order valence-corrected chi connectivity index (χ0v) is 19.9. The van der Waals surface area contributed by atoms with Crippen LogP contribution in [0.5, 0.6) is 0 Å². The van der Waals surface area contributed by atoms with Gasteiger partial charge >= 0.3 is 5.76 Å². The summed E-state index contributed by atoms with van der Waals surface area (Å²) in [7, 11) is -3.94. The molecule has 0 unspecified atom stereocenters. The molecule has 0 radical (unpaired) electrons. The van der Waals surface area contributed by atoms with Gasteiger partial charge < -0.3 is 9.84 Å².